The molecule has 0 radical (unpaired) electrons. The van der Waals surface area contributed by atoms with Crippen molar-refractivity contribution in [3.05, 3.63) is 17.5 Å². The molecule has 0 aliphatic heterocycles. The van der Waals surface area contributed by atoms with E-state index in [-0.39, 0.29) is 5.56 Å². The molecule has 0 fully saturated rings. The number of unbranched alkanes of at least 4 members (excludes halogenated alkanes) is 1. The molecule has 0 amide bonds. The van der Waals surface area contributed by atoms with Gasteiger partial charge in [-0.25, -0.2) is 0 Å². The van der Waals surface area contributed by atoms with Crippen LogP contribution in [-0.2, 0) is 12.6 Å². The molecule has 3 nitrogen and oxygen atoms in total. The van der Waals surface area contributed by atoms with Crippen LogP contribution in [0, 0.1) is 0 Å². The number of nitrogens with two attached hydrogens (primary N) is 1. The first kappa shape index (κ1) is 11.0. The van der Waals surface area contributed by atoms with Crippen molar-refractivity contribution in [3.63, 3.8) is 0 Å². The lowest BCUT2D eigenvalue weighted by Crippen LogP contribution is -2.09. The Bertz CT molecular complexity index is 282. The van der Waals surface area contributed by atoms with Gasteiger partial charge in [-0.05, 0) is 25.8 Å². The number of hydrogen-bond donors (Lipinski definition) is 1. The average Bonchev–Trinajstić information content (AvgIpc) is 2.52. The predicted octanol–water partition coefficient (Wildman–Crippen LogP) is 1.97. The van der Waals surface area contributed by atoms with E-state index >= 15 is 0 Å². The fourth-order valence-electron chi connectivity index (χ4n) is 1.13. The van der Waals surface area contributed by atoms with Crippen LogP contribution in [0.25, 0.3) is 0 Å². The van der Waals surface area contributed by atoms with Crippen LogP contribution in [0.4, 0.5) is 13.2 Å². The summed E-state index contributed by atoms with van der Waals surface area (Å²) < 4.78 is 41.0. The first-order valence-electron chi connectivity index (χ1n) is 4.26. The van der Waals surface area contributed by atoms with Gasteiger partial charge >= 0.3 is 6.18 Å². The third kappa shape index (κ3) is 2.73. The zero-order valence-corrected chi connectivity index (χ0v) is 7.47. The van der Waals surface area contributed by atoms with Crippen LogP contribution in [0.1, 0.15) is 24.1 Å². The second-order valence-corrected chi connectivity index (χ2v) is 2.93. The lowest BCUT2D eigenvalue weighted by atomic mass is 10.1. The van der Waals surface area contributed by atoms with Crippen molar-refractivity contribution in [2.75, 3.05) is 6.54 Å². The minimum atomic E-state index is -4.43. The van der Waals surface area contributed by atoms with Gasteiger partial charge in [0.05, 0.1) is 0 Å². The normalized spacial score (nSPS) is 12.0. The van der Waals surface area contributed by atoms with Crippen LogP contribution < -0.4 is 5.73 Å². The van der Waals surface area contributed by atoms with Crippen molar-refractivity contribution in [2.24, 2.45) is 5.73 Å². The van der Waals surface area contributed by atoms with E-state index in [4.69, 9.17) is 5.73 Å². The summed E-state index contributed by atoms with van der Waals surface area (Å²) >= 11 is 0. The van der Waals surface area contributed by atoms with Crippen LogP contribution in [0.15, 0.2) is 10.8 Å². The monoisotopic (exact) mass is 208 g/mol. The first-order chi connectivity index (χ1) is 6.55. The number of aryl methyl sites for hydroxylation is 1. The summed E-state index contributed by atoms with van der Waals surface area (Å²) in [7, 11) is 0. The Morgan fingerprint density at radius 2 is 2.07 bits per heavy atom. The lowest BCUT2D eigenvalue weighted by molar-refractivity contribution is -0.143. The second-order valence-electron chi connectivity index (χ2n) is 2.93. The maximum atomic E-state index is 12.2. The van der Waals surface area contributed by atoms with Gasteiger partial charge in [0.1, 0.15) is 6.26 Å². The summed E-state index contributed by atoms with van der Waals surface area (Å²) in [6.07, 6.45) is -1.77. The van der Waals surface area contributed by atoms with Gasteiger partial charge < -0.3 is 10.3 Å². The smallest absolute Gasteiger partial charge is 0.364 e. The molecule has 1 aromatic rings. The van der Waals surface area contributed by atoms with Gasteiger partial charge in [-0.2, -0.15) is 13.2 Å². The van der Waals surface area contributed by atoms with Crippen molar-refractivity contribution in [1.29, 1.82) is 0 Å². The highest BCUT2D eigenvalue weighted by molar-refractivity contribution is 5.17. The fraction of sp³-hybridized carbons (Fsp3) is 0.625. The highest BCUT2D eigenvalue weighted by Gasteiger charge is 2.37. The number of hydrogen-bond acceptors (Lipinski definition) is 3. The Balaban J connectivity index is 2.63. The second kappa shape index (κ2) is 4.45. The van der Waals surface area contributed by atoms with Gasteiger partial charge in [0, 0.05) is 5.56 Å². The molecule has 0 unspecified atom stereocenters. The predicted molar refractivity (Wildman–Crippen MR) is 43.5 cm³/mol. The topological polar surface area (TPSA) is 52.0 Å². The van der Waals surface area contributed by atoms with Crippen molar-refractivity contribution >= 4 is 0 Å². The Labute approximate surface area is 79.1 Å². The van der Waals surface area contributed by atoms with E-state index in [2.05, 4.69) is 9.68 Å². The van der Waals surface area contributed by atoms with Gasteiger partial charge in [0.2, 0.25) is 0 Å². The first-order valence-corrected chi connectivity index (χ1v) is 4.26. The largest absolute Gasteiger partial charge is 0.437 e. The van der Waals surface area contributed by atoms with Crippen LogP contribution >= 0.6 is 0 Å². The number of nitrogens with zero attached hydrogens (tertiary/aromatic N) is 1. The summed E-state index contributed by atoms with van der Waals surface area (Å²) in [6, 6.07) is 0. The highest BCUT2D eigenvalue weighted by Crippen LogP contribution is 2.31. The molecule has 1 aromatic heterocycles. The van der Waals surface area contributed by atoms with Crippen LogP contribution in [0.2, 0.25) is 0 Å². The molecule has 0 saturated heterocycles. The number of rotatable bonds is 4. The zero-order chi connectivity index (χ0) is 10.6. The van der Waals surface area contributed by atoms with E-state index in [1.165, 1.54) is 0 Å². The van der Waals surface area contributed by atoms with Crippen molar-refractivity contribution in [2.45, 2.75) is 25.4 Å². The molecule has 0 aromatic carbocycles. The van der Waals surface area contributed by atoms with Crippen LogP contribution in [0.5, 0.6) is 0 Å². The SMILES string of the molecule is NCCCCc1conc1C(F)(F)F. The molecule has 1 heterocycles. The quantitative estimate of drug-likeness (QED) is 0.769. The third-order valence-electron chi connectivity index (χ3n) is 1.81. The number of alkyl halides is 3. The van der Waals surface area contributed by atoms with Gasteiger partial charge in [0.25, 0.3) is 0 Å². The van der Waals surface area contributed by atoms with Crippen LogP contribution in [-0.4, -0.2) is 11.7 Å². The molecule has 2 N–H and O–H groups in total. The minimum Gasteiger partial charge on any atom is -0.364 e. The summed E-state index contributed by atoms with van der Waals surface area (Å²) in [6.45, 7) is 0.479. The molecular formula is C8H11F3N2O. The number of aromatic nitrogens is 1. The number of halogens is 3. The average molecular weight is 208 g/mol. The van der Waals surface area contributed by atoms with E-state index in [9.17, 15) is 13.2 Å². The minimum absolute atomic E-state index is 0.103. The van der Waals surface area contributed by atoms with E-state index in [1.807, 2.05) is 0 Å². The van der Waals surface area contributed by atoms with E-state index in [0.717, 1.165) is 6.26 Å². The lowest BCUT2D eigenvalue weighted by Gasteiger charge is -2.03. The molecule has 0 saturated carbocycles. The summed E-state index contributed by atoms with van der Waals surface area (Å²) in [4.78, 5) is 0. The fourth-order valence-corrected chi connectivity index (χ4v) is 1.13. The Hall–Kier alpha value is -1.04. The van der Waals surface area contributed by atoms with Gasteiger partial charge in [0.15, 0.2) is 5.69 Å². The summed E-state index contributed by atoms with van der Waals surface area (Å²) in [5.41, 5.74) is 4.41. The Morgan fingerprint density at radius 3 is 2.64 bits per heavy atom. The molecule has 80 valence electrons. The van der Waals surface area contributed by atoms with Gasteiger partial charge in [-0.15, -0.1) is 0 Å². The van der Waals surface area contributed by atoms with Crippen LogP contribution in [0.3, 0.4) is 0 Å². The van der Waals surface area contributed by atoms with Crippen molar-refractivity contribution in [1.82, 2.24) is 5.16 Å². The maximum absolute atomic E-state index is 12.2. The van der Waals surface area contributed by atoms with Crippen molar-refractivity contribution < 1.29 is 17.7 Å². The van der Waals surface area contributed by atoms with Crippen molar-refractivity contribution in [3.8, 4) is 0 Å². The summed E-state index contributed by atoms with van der Waals surface area (Å²) in [5.74, 6) is 0. The maximum Gasteiger partial charge on any atom is 0.437 e. The standard InChI is InChI=1S/C8H11F3N2O/c9-8(10,11)7-6(5-14-13-7)3-1-2-4-12/h5H,1-4,12H2. The molecule has 6 heteroatoms. The Kier molecular flexibility index (Phi) is 3.51. The van der Waals surface area contributed by atoms with E-state index in [0.29, 0.717) is 25.8 Å². The van der Waals surface area contributed by atoms with Gasteiger partial charge in [-0.3, -0.25) is 0 Å². The zero-order valence-electron chi connectivity index (χ0n) is 7.47. The molecule has 14 heavy (non-hydrogen) atoms. The molecule has 0 spiro atoms. The van der Waals surface area contributed by atoms with Gasteiger partial charge in [-0.1, -0.05) is 5.16 Å². The molecule has 0 aliphatic carbocycles. The molecule has 0 aliphatic rings. The molecule has 1 rings (SSSR count). The van der Waals surface area contributed by atoms with E-state index < -0.39 is 11.9 Å². The third-order valence-corrected chi connectivity index (χ3v) is 1.81. The summed E-state index contributed by atoms with van der Waals surface area (Å²) in [5, 5.41) is 2.93. The molecule has 0 atom stereocenters. The molecular weight excluding hydrogens is 197 g/mol. The Morgan fingerprint density at radius 1 is 1.36 bits per heavy atom. The van der Waals surface area contributed by atoms with E-state index in [1.54, 1.807) is 0 Å². The molecule has 0 bridgehead atoms. The highest BCUT2D eigenvalue weighted by atomic mass is 19.4.